The predicted octanol–water partition coefficient (Wildman–Crippen LogP) is 5.38. The maximum absolute atomic E-state index is 13.3. The van der Waals surface area contributed by atoms with Gasteiger partial charge in [-0.3, -0.25) is 4.40 Å². The Balaban J connectivity index is 1.74. The van der Waals surface area contributed by atoms with Gasteiger partial charge in [0.1, 0.15) is 35.5 Å². The number of halogens is 2. The normalized spacial score (nSPS) is 11.9. The summed E-state index contributed by atoms with van der Waals surface area (Å²) < 4.78 is 35.7. The van der Waals surface area contributed by atoms with Crippen LogP contribution in [0.3, 0.4) is 0 Å². The molecule has 0 amide bonds. The lowest BCUT2D eigenvalue weighted by Crippen LogP contribution is -2.22. The average molecular weight is 467 g/mol. The molecule has 0 aliphatic carbocycles. The Kier molecular flexibility index (Phi) is 6.35. The Hall–Kier alpha value is -3.42. The Morgan fingerprint density at radius 3 is 2.70 bits per heavy atom. The highest BCUT2D eigenvalue weighted by Gasteiger charge is 2.18. The fourth-order valence-electron chi connectivity index (χ4n) is 3.35. The van der Waals surface area contributed by atoms with Gasteiger partial charge in [0, 0.05) is 38.2 Å². The summed E-state index contributed by atoms with van der Waals surface area (Å²) in [6.45, 7) is 7.71. The van der Waals surface area contributed by atoms with Gasteiger partial charge in [0.2, 0.25) is 0 Å². The van der Waals surface area contributed by atoms with Gasteiger partial charge in [-0.25, -0.2) is 23.4 Å². The van der Waals surface area contributed by atoms with Crippen LogP contribution < -0.4 is 0 Å². The molecule has 0 spiro atoms. The predicted molar refractivity (Wildman–Crippen MR) is 123 cm³/mol. The summed E-state index contributed by atoms with van der Waals surface area (Å²) in [4.78, 5) is 8.34. The summed E-state index contributed by atoms with van der Waals surface area (Å²) in [5.74, 6) is 0. The van der Waals surface area contributed by atoms with Gasteiger partial charge in [0.15, 0.2) is 0 Å². The maximum Gasteiger partial charge on any atom is 0.280 e. The third-order valence-corrected chi connectivity index (χ3v) is 6.85. The molecule has 0 unspecified atom stereocenters. The fourth-order valence-corrected chi connectivity index (χ4v) is 4.11. The van der Waals surface area contributed by atoms with E-state index in [9.17, 15) is 14.0 Å². The molecule has 0 bridgehead atoms. The SMILES string of the molecule is C[Si](C)(C)CCOCn1cc(-c2ccc3ncc(C#N)n3c2)c(-c2cccc(C(F)F)n2)n1. The van der Waals surface area contributed by atoms with Crippen molar-refractivity contribution in [2.45, 2.75) is 38.8 Å². The number of pyridine rings is 2. The highest BCUT2D eigenvalue weighted by molar-refractivity contribution is 6.76. The molecule has 33 heavy (non-hydrogen) atoms. The molecule has 0 saturated heterocycles. The zero-order chi connectivity index (χ0) is 23.6. The summed E-state index contributed by atoms with van der Waals surface area (Å²) in [5, 5.41) is 14.0. The van der Waals surface area contributed by atoms with Crippen molar-refractivity contribution in [1.29, 1.82) is 5.26 Å². The number of hydrogen-bond acceptors (Lipinski definition) is 5. The van der Waals surface area contributed by atoms with Crippen molar-refractivity contribution >= 4 is 13.7 Å². The smallest absolute Gasteiger partial charge is 0.280 e. The van der Waals surface area contributed by atoms with E-state index < -0.39 is 14.5 Å². The van der Waals surface area contributed by atoms with Gasteiger partial charge in [-0.15, -0.1) is 0 Å². The molecule has 170 valence electrons. The molecule has 4 aromatic rings. The number of fused-ring (bicyclic) bond motifs is 1. The molecule has 0 saturated carbocycles. The molecule has 0 aliphatic heterocycles. The summed E-state index contributed by atoms with van der Waals surface area (Å²) in [6.07, 6.45) is 2.42. The standard InChI is InChI=1S/C23H24F2N6OSi/c1-33(2,3)10-9-32-15-30-14-18(16-7-8-21-27-12-17(11-26)31(21)13-16)22(29-30)19-5-4-6-20(28-19)23(24)25/h4-8,12-14,23H,9-10,15H2,1-3H3. The number of aromatic nitrogens is 5. The molecule has 10 heteroatoms. The Morgan fingerprint density at radius 1 is 1.15 bits per heavy atom. The van der Waals surface area contributed by atoms with Gasteiger partial charge in [-0.2, -0.15) is 10.4 Å². The van der Waals surface area contributed by atoms with E-state index >= 15 is 0 Å². The molecule has 0 radical (unpaired) electrons. The number of nitrogens with zero attached hydrogens (tertiary/aromatic N) is 6. The van der Waals surface area contributed by atoms with Crippen molar-refractivity contribution in [3.63, 3.8) is 0 Å². The molecule has 0 aliphatic rings. The third kappa shape index (κ3) is 5.15. The van der Waals surface area contributed by atoms with Gasteiger partial charge in [0.25, 0.3) is 6.43 Å². The van der Waals surface area contributed by atoms with E-state index in [0.717, 1.165) is 11.6 Å². The van der Waals surface area contributed by atoms with Crippen molar-refractivity contribution in [3.05, 3.63) is 60.3 Å². The topological polar surface area (TPSA) is 81.0 Å². The van der Waals surface area contributed by atoms with Crippen LogP contribution in [0.1, 0.15) is 17.8 Å². The van der Waals surface area contributed by atoms with Crippen LogP contribution in [0.15, 0.2) is 48.9 Å². The van der Waals surface area contributed by atoms with E-state index in [1.54, 1.807) is 33.5 Å². The van der Waals surface area contributed by atoms with Crippen molar-refractivity contribution in [1.82, 2.24) is 24.1 Å². The number of alkyl halides is 2. The first kappa shape index (κ1) is 22.8. The van der Waals surface area contributed by atoms with Crippen LogP contribution in [-0.2, 0) is 11.5 Å². The summed E-state index contributed by atoms with van der Waals surface area (Å²) in [6, 6.07) is 11.3. The lowest BCUT2D eigenvalue weighted by atomic mass is 10.1. The maximum atomic E-state index is 13.3. The molecule has 4 rings (SSSR count). The van der Waals surface area contributed by atoms with E-state index in [2.05, 4.69) is 40.8 Å². The highest BCUT2D eigenvalue weighted by atomic mass is 28.3. The molecule has 0 aromatic carbocycles. The number of rotatable bonds is 8. The van der Waals surface area contributed by atoms with Gasteiger partial charge in [0.05, 0.1) is 11.9 Å². The Morgan fingerprint density at radius 2 is 1.97 bits per heavy atom. The molecule has 4 aromatic heterocycles. The Bertz CT molecular complexity index is 1320. The minimum absolute atomic E-state index is 0.239. The number of imidazole rings is 1. The first-order valence-electron chi connectivity index (χ1n) is 10.5. The van der Waals surface area contributed by atoms with Crippen LogP contribution in [0, 0.1) is 11.3 Å². The first-order valence-corrected chi connectivity index (χ1v) is 14.2. The van der Waals surface area contributed by atoms with Crippen LogP contribution in [0.4, 0.5) is 8.78 Å². The van der Waals surface area contributed by atoms with E-state index in [1.807, 2.05) is 12.3 Å². The van der Waals surface area contributed by atoms with E-state index in [-0.39, 0.29) is 12.4 Å². The molecule has 0 atom stereocenters. The van der Waals surface area contributed by atoms with Gasteiger partial charge < -0.3 is 4.74 Å². The highest BCUT2D eigenvalue weighted by Crippen LogP contribution is 2.31. The lowest BCUT2D eigenvalue weighted by Gasteiger charge is -2.15. The zero-order valence-electron chi connectivity index (χ0n) is 18.7. The largest absolute Gasteiger partial charge is 0.360 e. The van der Waals surface area contributed by atoms with Gasteiger partial charge in [-0.05, 0) is 30.3 Å². The summed E-state index contributed by atoms with van der Waals surface area (Å²) >= 11 is 0. The number of nitriles is 1. The third-order valence-electron chi connectivity index (χ3n) is 5.15. The average Bonchev–Trinajstić information content (AvgIpc) is 3.39. The second-order valence-corrected chi connectivity index (χ2v) is 14.5. The zero-order valence-corrected chi connectivity index (χ0v) is 19.7. The first-order chi connectivity index (χ1) is 15.7. The summed E-state index contributed by atoms with van der Waals surface area (Å²) in [7, 11) is -1.22. The van der Waals surface area contributed by atoms with Gasteiger partial charge in [-0.1, -0.05) is 25.7 Å². The molecule has 0 fully saturated rings. The minimum atomic E-state index is -2.68. The Labute approximate surface area is 191 Å². The number of ether oxygens (including phenoxy) is 1. The second kappa shape index (κ2) is 9.21. The van der Waals surface area contributed by atoms with Crippen LogP contribution in [0.25, 0.3) is 28.2 Å². The van der Waals surface area contributed by atoms with Crippen molar-refractivity contribution in [3.8, 4) is 28.6 Å². The molecular weight excluding hydrogens is 442 g/mol. The van der Waals surface area contributed by atoms with Crippen LogP contribution in [-0.4, -0.2) is 38.8 Å². The second-order valence-electron chi connectivity index (χ2n) is 8.93. The van der Waals surface area contributed by atoms with Crippen LogP contribution in [0.2, 0.25) is 25.7 Å². The molecule has 7 nitrogen and oxygen atoms in total. The summed E-state index contributed by atoms with van der Waals surface area (Å²) in [5.41, 5.74) is 2.98. The fraction of sp³-hybridized carbons (Fsp3) is 0.304. The van der Waals surface area contributed by atoms with Crippen molar-refractivity contribution in [2.75, 3.05) is 6.61 Å². The molecule has 0 N–H and O–H groups in total. The molecular formula is C23H24F2N6OSi. The van der Waals surface area contributed by atoms with E-state index in [0.29, 0.717) is 34.9 Å². The van der Waals surface area contributed by atoms with E-state index in [4.69, 9.17) is 4.74 Å². The van der Waals surface area contributed by atoms with E-state index in [1.165, 1.54) is 12.3 Å². The van der Waals surface area contributed by atoms with Gasteiger partial charge >= 0.3 is 0 Å². The van der Waals surface area contributed by atoms with Crippen molar-refractivity contribution < 1.29 is 13.5 Å². The van der Waals surface area contributed by atoms with Crippen LogP contribution >= 0.6 is 0 Å². The molecule has 4 heterocycles. The minimum Gasteiger partial charge on any atom is -0.360 e. The lowest BCUT2D eigenvalue weighted by molar-refractivity contribution is 0.0787. The monoisotopic (exact) mass is 466 g/mol. The van der Waals surface area contributed by atoms with Crippen molar-refractivity contribution in [2.24, 2.45) is 0 Å². The quantitative estimate of drug-likeness (QED) is 0.257. The number of hydrogen-bond donors (Lipinski definition) is 0. The van der Waals surface area contributed by atoms with Crippen LogP contribution in [0.5, 0.6) is 0 Å².